The Labute approximate surface area is 185 Å². The first-order valence-electron chi connectivity index (χ1n) is 10.6. The third-order valence-electron chi connectivity index (χ3n) is 5.96. The molecule has 2 unspecified atom stereocenters. The number of anilines is 2. The average Bonchev–Trinajstić information content (AvgIpc) is 3.15. The quantitative estimate of drug-likeness (QED) is 0.482. The number of nitrogen functional groups attached to an aromatic ring is 1. The molecule has 0 aromatic carbocycles. The number of pyridine rings is 1. The van der Waals surface area contributed by atoms with Crippen LogP contribution in [-0.2, 0) is 0 Å². The molecule has 0 saturated carbocycles. The minimum absolute atomic E-state index is 0.0229. The fraction of sp³-hybridized carbons (Fsp3) is 0.455. The van der Waals surface area contributed by atoms with E-state index in [1.54, 1.807) is 18.5 Å². The predicted molar refractivity (Wildman–Crippen MR) is 121 cm³/mol. The molecule has 1 aliphatic heterocycles. The van der Waals surface area contributed by atoms with Gasteiger partial charge in [0, 0.05) is 36.3 Å². The Kier molecular flexibility index (Phi) is 5.62. The number of H-pyrrole nitrogens is 1. The molecule has 1 aliphatic rings. The van der Waals surface area contributed by atoms with Gasteiger partial charge in [-0.1, -0.05) is 20.8 Å². The van der Waals surface area contributed by atoms with Gasteiger partial charge in [-0.3, -0.25) is 0 Å². The van der Waals surface area contributed by atoms with E-state index in [-0.39, 0.29) is 23.2 Å². The summed E-state index contributed by atoms with van der Waals surface area (Å²) in [6, 6.07) is 1.58. The maximum absolute atomic E-state index is 14.5. The Morgan fingerprint density at radius 1 is 1.38 bits per heavy atom. The van der Waals surface area contributed by atoms with Gasteiger partial charge >= 0.3 is 6.09 Å². The lowest BCUT2D eigenvalue weighted by molar-refractivity contribution is 0.0270. The Morgan fingerprint density at radius 3 is 2.88 bits per heavy atom. The van der Waals surface area contributed by atoms with Gasteiger partial charge in [-0.2, -0.15) is 0 Å². The van der Waals surface area contributed by atoms with E-state index < -0.39 is 11.9 Å². The number of amides is 1. The standard InChI is InChI=1S/C22H28FN7O2/c1-22(2,3)17-12(5-4-6-30(17)21(31)32)8-25-20-16(23)11-28-19(29-20)15-10-27-18-14(15)7-13(24)9-26-18/h7,9-12,17H,4-6,8,24H2,1-3H3,(H,26,27)(H,31,32)(H,25,28,29). The van der Waals surface area contributed by atoms with Crippen molar-refractivity contribution in [2.24, 2.45) is 11.3 Å². The van der Waals surface area contributed by atoms with Crippen LogP contribution in [0.2, 0.25) is 0 Å². The van der Waals surface area contributed by atoms with Gasteiger partial charge in [0.1, 0.15) is 5.65 Å². The molecule has 9 nitrogen and oxygen atoms in total. The SMILES string of the molecule is CC(C)(C)C1C(CNc2nc(-c3c[nH]c4ncc(N)cc34)ncc2F)CCCN1C(=O)O. The molecular formula is C22H28FN7O2. The van der Waals surface area contributed by atoms with Crippen molar-refractivity contribution in [1.82, 2.24) is 24.8 Å². The molecule has 3 aromatic heterocycles. The van der Waals surface area contributed by atoms with Gasteiger partial charge < -0.3 is 26.0 Å². The van der Waals surface area contributed by atoms with Crippen LogP contribution in [0.15, 0.2) is 24.7 Å². The van der Waals surface area contributed by atoms with Crippen molar-refractivity contribution in [1.29, 1.82) is 0 Å². The second kappa shape index (κ2) is 8.25. The lowest BCUT2D eigenvalue weighted by Crippen LogP contribution is -2.55. The summed E-state index contributed by atoms with van der Waals surface area (Å²) in [6.07, 6.45) is 5.11. The van der Waals surface area contributed by atoms with Crippen LogP contribution < -0.4 is 11.1 Å². The van der Waals surface area contributed by atoms with Crippen molar-refractivity contribution < 1.29 is 14.3 Å². The molecule has 1 fully saturated rings. The fourth-order valence-electron chi connectivity index (χ4n) is 4.73. The number of aromatic nitrogens is 4. The number of nitrogens with one attached hydrogen (secondary N) is 2. The number of rotatable bonds is 4. The van der Waals surface area contributed by atoms with E-state index in [0.29, 0.717) is 35.8 Å². The van der Waals surface area contributed by atoms with E-state index in [9.17, 15) is 14.3 Å². The molecule has 0 spiro atoms. The minimum Gasteiger partial charge on any atom is -0.465 e. The Balaban J connectivity index is 1.59. The zero-order valence-electron chi connectivity index (χ0n) is 18.4. The first-order valence-corrected chi connectivity index (χ1v) is 10.6. The van der Waals surface area contributed by atoms with Crippen molar-refractivity contribution >= 4 is 28.6 Å². The van der Waals surface area contributed by atoms with Gasteiger partial charge in [-0.05, 0) is 30.2 Å². The maximum Gasteiger partial charge on any atom is 0.407 e. The first-order chi connectivity index (χ1) is 15.1. The normalized spacial score (nSPS) is 19.3. The summed E-state index contributed by atoms with van der Waals surface area (Å²) in [5.41, 5.74) is 7.42. The summed E-state index contributed by atoms with van der Waals surface area (Å²) < 4.78 is 14.5. The average molecular weight is 442 g/mol. The highest BCUT2D eigenvalue weighted by Crippen LogP contribution is 2.36. The molecule has 2 atom stereocenters. The monoisotopic (exact) mass is 441 g/mol. The number of halogens is 1. The molecule has 1 amide bonds. The summed E-state index contributed by atoms with van der Waals surface area (Å²) >= 11 is 0. The van der Waals surface area contributed by atoms with E-state index in [1.807, 2.05) is 20.8 Å². The summed E-state index contributed by atoms with van der Waals surface area (Å²) in [6.45, 7) is 7.02. The summed E-state index contributed by atoms with van der Waals surface area (Å²) in [5.74, 6) is -0.115. The van der Waals surface area contributed by atoms with Gasteiger partial charge in [0.15, 0.2) is 17.5 Å². The summed E-state index contributed by atoms with van der Waals surface area (Å²) in [7, 11) is 0. The molecule has 32 heavy (non-hydrogen) atoms. The van der Waals surface area contributed by atoms with E-state index in [1.165, 1.54) is 4.90 Å². The number of nitrogens with two attached hydrogens (primary N) is 1. The van der Waals surface area contributed by atoms with Crippen LogP contribution >= 0.6 is 0 Å². The molecular weight excluding hydrogens is 413 g/mol. The lowest BCUT2D eigenvalue weighted by Gasteiger charge is -2.47. The molecule has 0 radical (unpaired) electrons. The number of likely N-dealkylation sites (tertiary alicyclic amines) is 1. The predicted octanol–water partition coefficient (Wildman–Crippen LogP) is 3.96. The van der Waals surface area contributed by atoms with Crippen molar-refractivity contribution in [3.05, 3.63) is 30.5 Å². The topological polar surface area (TPSA) is 133 Å². The number of piperidine rings is 1. The number of carbonyl (C=O) groups is 1. The van der Waals surface area contributed by atoms with Crippen molar-refractivity contribution in [3.63, 3.8) is 0 Å². The molecule has 1 saturated heterocycles. The van der Waals surface area contributed by atoms with E-state index in [0.717, 1.165) is 24.4 Å². The maximum atomic E-state index is 14.5. The first kappa shape index (κ1) is 21.8. The third-order valence-corrected chi connectivity index (χ3v) is 5.96. The summed E-state index contributed by atoms with van der Waals surface area (Å²) in [4.78, 5) is 29.2. The zero-order valence-corrected chi connectivity index (χ0v) is 18.4. The van der Waals surface area contributed by atoms with Gasteiger partial charge in [0.2, 0.25) is 0 Å². The van der Waals surface area contributed by atoms with E-state index in [4.69, 9.17) is 5.73 Å². The van der Waals surface area contributed by atoms with Crippen LogP contribution in [0, 0.1) is 17.2 Å². The van der Waals surface area contributed by atoms with Gasteiger partial charge in [-0.25, -0.2) is 24.1 Å². The Bertz CT molecular complexity index is 1140. The van der Waals surface area contributed by atoms with Crippen LogP contribution in [0.25, 0.3) is 22.4 Å². The van der Waals surface area contributed by atoms with Crippen LogP contribution in [-0.4, -0.2) is 55.2 Å². The van der Waals surface area contributed by atoms with Gasteiger partial charge in [0.05, 0.1) is 18.1 Å². The number of nitrogens with zero attached hydrogens (tertiary/aromatic N) is 4. The number of hydrogen-bond acceptors (Lipinski definition) is 6. The zero-order chi connectivity index (χ0) is 23.0. The number of carboxylic acid groups (broad SMARTS) is 1. The van der Waals surface area contributed by atoms with Crippen molar-refractivity contribution in [2.45, 2.75) is 39.7 Å². The summed E-state index contributed by atoms with van der Waals surface area (Å²) in [5, 5.41) is 13.5. The van der Waals surface area contributed by atoms with Crippen LogP contribution in [0.1, 0.15) is 33.6 Å². The van der Waals surface area contributed by atoms with Crippen molar-refractivity contribution in [3.8, 4) is 11.4 Å². The molecule has 10 heteroatoms. The molecule has 5 N–H and O–H groups in total. The molecule has 4 rings (SSSR count). The number of hydrogen-bond donors (Lipinski definition) is 4. The van der Waals surface area contributed by atoms with E-state index >= 15 is 0 Å². The third kappa shape index (κ3) is 4.17. The smallest absolute Gasteiger partial charge is 0.407 e. The van der Waals surface area contributed by atoms with E-state index in [2.05, 4.69) is 25.3 Å². The highest BCUT2D eigenvalue weighted by molar-refractivity contribution is 5.93. The Hall–Kier alpha value is -3.43. The molecule has 3 aromatic rings. The number of aromatic amines is 1. The van der Waals surface area contributed by atoms with Crippen molar-refractivity contribution in [2.75, 3.05) is 24.1 Å². The fourth-order valence-corrected chi connectivity index (χ4v) is 4.73. The molecule has 170 valence electrons. The second-order valence-corrected chi connectivity index (χ2v) is 9.33. The molecule has 4 heterocycles. The van der Waals surface area contributed by atoms with Crippen LogP contribution in [0.3, 0.4) is 0 Å². The second-order valence-electron chi connectivity index (χ2n) is 9.33. The minimum atomic E-state index is -0.919. The van der Waals surface area contributed by atoms with Crippen LogP contribution in [0.5, 0.6) is 0 Å². The molecule has 0 aliphatic carbocycles. The van der Waals surface area contributed by atoms with Gasteiger partial charge in [0.25, 0.3) is 0 Å². The number of fused-ring (bicyclic) bond motifs is 1. The Morgan fingerprint density at radius 2 is 2.16 bits per heavy atom. The van der Waals surface area contributed by atoms with Crippen LogP contribution in [0.4, 0.5) is 20.7 Å². The highest BCUT2D eigenvalue weighted by atomic mass is 19.1. The largest absolute Gasteiger partial charge is 0.465 e. The highest BCUT2D eigenvalue weighted by Gasteiger charge is 2.41. The lowest BCUT2D eigenvalue weighted by atomic mass is 9.74. The molecule has 0 bridgehead atoms. The van der Waals surface area contributed by atoms with Gasteiger partial charge in [-0.15, -0.1) is 0 Å².